The zero-order chi connectivity index (χ0) is 12.8. The Morgan fingerprint density at radius 3 is 2.72 bits per heavy atom. The van der Waals surface area contributed by atoms with Gasteiger partial charge in [0.25, 0.3) is 0 Å². The summed E-state index contributed by atoms with van der Waals surface area (Å²) >= 11 is 1.22. The van der Waals surface area contributed by atoms with Crippen molar-refractivity contribution in [2.45, 2.75) is 13.0 Å². The number of thiophene rings is 1. The van der Waals surface area contributed by atoms with Crippen LogP contribution in [0.15, 0.2) is 36.7 Å². The predicted octanol–water partition coefficient (Wildman–Crippen LogP) is 2.38. The van der Waals surface area contributed by atoms with Gasteiger partial charge in [-0.3, -0.25) is 15.1 Å². The molecule has 2 aromatic heterocycles. The van der Waals surface area contributed by atoms with Crippen LogP contribution in [0.5, 0.6) is 0 Å². The first-order valence-electron chi connectivity index (χ1n) is 5.58. The summed E-state index contributed by atoms with van der Waals surface area (Å²) in [6.45, 7) is 1.51. The second kappa shape index (κ2) is 6.23. The molecule has 0 aliphatic rings. The van der Waals surface area contributed by atoms with Crippen LogP contribution in [0, 0.1) is 10.1 Å². The first-order valence-corrected chi connectivity index (χ1v) is 6.40. The number of pyridine rings is 1. The molecule has 2 rings (SSSR count). The number of rotatable bonds is 6. The lowest BCUT2D eigenvalue weighted by Gasteiger charge is -2.02. The summed E-state index contributed by atoms with van der Waals surface area (Å²) < 4.78 is 0. The third-order valence-corrected chi connectivity index (χ3v) is 3.50. The van der Waals surface area contributed by atoms with Crippen molar-refractivity contribution in [3.8, 4) is 0 Å². The van der Waals surface area contributed by atoms with Gasteiger partial charge in [0.15, 0.2) is 0 Å². The average Bonchev–Trinajstić information content (AvgIpc) is 2.85. The first kappa shape index (κ1) is 12.7. The molecule has 94 valence electrons. The molecule has 0 saturated heterocycles. The molecule has 0 fully saturated rings. The molecule has 1 N–H and O–H groups in total. The van der Waals surface area contributed by atoms with Crippen molar-refractivity contribution in [1.29, 1.82) is 0 Å². The van der Waals surface area contributed by atoms with Crippen LogP contribution in [0.4, 0.5) is 5.00 Å². The first-order chi connectivity index (χ1) is 8.75. The normalized spacial score (nSPS) is 10.4. The molecule has 0 aromatic carbocycles. The summed E-state index contributed by atoms with van der Waals surface area (Å²) in [4.78, 5) is 15.1. The smallest absolute Gasteiger partial charge is 0.312 e. The minimum Gasteiger partial charge on any atom is -0.312 e. The molecule has 0 aliphatic heterocycles. The van der Waals surface area contributed by atoms with Crippen LogP contribution < -0.4 is 5.32 Å². The van der Waals surface area contributed by atoms with E-state index in [1.807, 2.05) is 12.1 Å². The van der Waals surface area contributed by atoms with Crippen LogP contribution >= 0.6 is 11.3 Å². The monoisotopic (exact) mass is 263 g/mol. The number of aromatic nitrogens is 1. The summed E-state index contributed by atoms with van der Waals surface area (Å²) in [5.41, 5.74) is 1.23. The maximum absolute atomic E-state index is 10.5. The highest BCUT2D eigenvalue weighted by Crippen LogP contribution is 2.23. The van der Waals surface area contributed by atoms with E-state index < -0.39 is 0 Å². The molecule has 0 unspecified atom stereocenters. The van der Waals surface area contributed by atoms with Crippen LogP contribution in [-0.4, -0.2) is 16.5 Å². The van der Waals surface area contributed by atoms with E-state index in [2.05, 4.69) is 10.3 Å². The molecule has 0 radical (unpaired) electrons. The zero-order valence-electron chi connectivity index (χ0n) is 9.70. The molecular formula is C12H13N3O2S. The minimum absolute atomic E-state index is 0.195. The molecule has 2 heterocycles. The zero-order valence-corrected chi connectivity index (χ0v) is 10.5. The molecule has 0 saturated carbocycles. The van der Waals surface area contributed by atoms with Gasteiger partial charge >= 0.3 is 5.00 Å². The summed E-state index contributed by atoms with van der Waals surface area (Å²) in [5, 5.41) is 14.0. The molecule has 0 bridgehead atoms. The lowest BCUT2D eigenvalue weighted by Crippen LogP contribution is -2.15. The maximum atomic E-state index is 10.5. The van der Waals surface area contributed by atoms with Gasteiger partial charge in [0.2, 0.25) is 0 Å². The molecular weight excluding hydrogens is 250 g/mol. The minimum atomic E-state index is -0.356. The molecule has 0 spiro atoms. The quantitative estimate of drug-likeness (QED) is 0.493. The lowest BCUT2D eigenvalue weighted by molar-refractivity contribution is -0.380. The Kier molecular flexibility index (Phi) is 4.38. The van der Waals surface area contributed by atoms with Crippen molar-refractivity contribution >= 4 is 16.3 Å². The Bertz CT molecular complexity index is 513. The van der Waals surface area contributed by atoms with Crippen molar-refractivity contribution < 1.29 is 4.92 Å². The summed E-state index contributed by atoms with van der Waals surface area (Å²) in [6, 6.07) is 7.31. The fraction of sp³-hybridized carbons (Fsp3) is 0.250. The largest absolute Gasteiger partial charge is 0.324 e. The van der Waals surface area contributed by atoms with Crippen molar-refractivity contribution in [3.05, 3.63) is 57.2 Å². The predicted molar refractivity (Wildman–Crippen MR) is 70.6 cm³/mol. The van der Waals surface area contributed by atoms with Gasteiger partial charge in [-0.05, 0) is 36.7 Å². The SMILES string of the molecule is O=[N+]([O-])c1ccc(CNCCc2ccncc2)s1. The van der Waals surface area contributed by atoms with E-state index in [-0.39, 0.29) is 9.92 Å². The van der Waals surface area contributed by atoms with Crippen molar-refractivity contribution in [3.63, 3.8) is 0 Å². The maximum Gasteiger partial charge on any atom is 0.324 e. The summed E-state index contributed by atoms with van der Waals surface area (Å²) in [7, 11) is 0. The van der Waals surface area contributed by atoms with E-state index >= 15 is 0 Å². The van der Waals surface area contributed by atoms with E-state index in [9.17, 15) is 10.1 Å². The van der Waals surface area contributed by atoms with E-state index in [0.717, 1.165) is 17.8 Å². The van der Waals surface area contributed by atoms with Crippen LogP contribution in [-0.2, 0) is 13.0 Å². The van der Waals surface area contributed by atoms with Gasteiger partial charge in [-0.25, -0.2) is 0 Å². The van der Waals surface area contributed by atoms with Crippen LogP contribution in [0.1, 0.15) is 10.4 Å². The highest BCUT2D eigenvalue weighted by Gasteiger charge is 2.08. The number of hydrogen-bond donors (Lipinski definition) is 1. The Morgan fingerprint density at radius 2 is 2.06 bits per heavy atom. The van der Waals surface area contributed by atoms with Crippen molar-refractivity contribution in [1.82, 2.24) is 10.3 Å². The topological polar surface area (TPSA) is 68.1 Å². The highest BCUT2D eigenvalue weighted by atomic mass is 32.1. The van der Waals surface area contributed by atoms with Crippen LogP contribution in [0.3, 0.4) is 0 Å². The second-order valence-electron chi connectivity index (χ2n) is 3.78. The van der Waals surface area contributed by atoms with Crippen molar-refractivity contribution in [2.24, 2.45) is 0 Å². The number of hydrogen-bond acceptors (Lipinski definition) is 5. The van der Waals surface area contributed by atoms with Gasteiger partial charge in [0, 0.05) is 29.9 Å². The molecule has 0 atom stereocenters. The standard InChI is InChI=1S/C12H13N3O2S/c16-15(17)12-2-1-11(18-12)9-14-8-5-10-3-6-13-7-4-10/h1-4,6-7,14H,5,8-9H2. The number of nitro groups is 1. The van der Waals surface area contributed by atoms with E-state index in [1.54, 1.807) is 24.5 Å². The Labute approximate surface area is 109 Å². The van der Waals surface area contributed by atoms with Gasteiger partial charge in [-0.1, -0.05) is 11.3 Å². The molecule has 0 aliphatic carbocycles. The van der Waals surface area contributed by atoms with Gasteiger partial charge in [0.1, 0.15) is 0 Å². The fourth-order valence-corrected chi connectivity index (χ4v) is 2.34. The third kappa shape index (κ3) is 3.61. The Balaban J connectivity index is 1.73. The van der Waals surface area contributed by atoms with E-state index in [1.165, 1.54) is 16.9 Å². The van der Waals surface area contributed by atoms with E-state index in [0.29, 0.717) is 6.54 Å². The second-order valence-corrected chi connectivity index (χ2v) is 4.93. The number of nitrogens with zero attached hydrogens (tertiary/aromatic N) is 2. The molecule has 5 nitrogen and oxygen atoms in total. The third-order valence-electron chi connectivity index (χ3n) is 2.47. The summed E-state index contributed by atoms with van der Waals surface area (Å²) in [6.07, 6.45) is 4.48. The van der Waals surface area contributed by atoms with Gasteiger partial charge in [0.05, 0.1) is 4.92 Å². The van der Waals surface area contributed by atoms with Gasteiger partial charge in [-0.15, -0.1) is 0 Å². The van der Waals surface area contributed by atoms with Crippen LogP contribution in [0.2, 0.25) is 0 Å². The van der Waals surface area contributed by atoms with Gasteiger partial charge in [-0.2, -0.15) is 0 Å². The molecule has 2 aromatic rings. The molecule has 6 heteroatoms. The summed E-state index contributed by atoms with van der Waals surface area (Å²) in [5.74, 6) is 0. The van der Waals surface area contributed by atoms with E-state index in [4.69, 9.17) is 0 Å². The number of nitrogens with one attached hydrogen (secondary N) is 1. The lowest BCUT2D eigenvalue weighted by atomic mass is 10.2. The highest BCUT2D eigenvalue weighted by molar-refractivity contribution is 7.15. The van der Waals surface area contributed by atoms with Crippen LogP contribution in [0.25, 0.3) is 0 Å². The molecule has 0 amide bonds. The fourth-order valence-electron chi connectivity index (χ4n) is 1.55. The van der Waals surface area contributed by atoms with Crippen molar-refractivity contribution in [2.75, 3.05) is 6.54 Å². The Hall–Kier alpha value is -1.79. The average molecular weight is 263 g/mol. The Morgan fingerprint density at radius 1 is 1.28 bits per heavy atom. The van der Waals surface area contributed by atoms with Gasteiger partial charge < -0.3 is 5.32 Å². The molecule has 18 heavy (non-hydrogen) atoms.